The highest BCUT2D eigenvalue weighted by atomic mass is 79.9. The van der Waals surface area contributed by atoms with E-state index in [1.165, 1.54) is 0 Å². The summed E-state index contributed by atoms with van der Waals surface area (Å²) in [5, 5.41) is 0. The molecule has 0 heterocycles. The maximum Gasteiger partial charge on any atom is 0.344 e. The van der Waals surface area contributed by atoms with Crippen LogP contribution >= 0.6 is 15.9 Å². The molecule has 17 heavy (non-hydrogen) atoms. The maximum atomic E-state index is 11.6. The van der Waals surface area contributed by atoms with Crippen LogP contribution in [0.3, 0.4) is 0 Å². The van der Waals surface area contributed by atoms with E-state index in [0.717, 1.165) is 0 Å². The molecule has 1 rings (SSSR count). The SMILES string of the molecule is CCOC(=O)COC(=O)c1cccc(N)c1Br. The van der Waals surface area contributed by atoms with Crippen LogP contribution in [0, 0.1) is 0 Å². The molecule has 0 bridgehead atoms. The number of hydrogen-bond donors (Lipinski definition) is 1. The lowest BCUT2D eigenvalue weighted by Crippen LogP contribution is -2.16. The van der Waals surface area contributed by atoms with E-state index in [4.69, 9.17) is 10.5 Å². The first-order valence-corrected chi connectivity index (χ1v) is 5.72. The number of benzene rings is 1. The molecule has 0 atom stereocenters. The van der Waals surface area contributed by atoms with Crippen LogP contribution in [0.4, 0.5) is 5.69 Å². The third-order valence-corrected chi connectivity index (χ3v) is 2.76. The van der Waals surface area contributed by atoms with Crippen LogP contribution in [0.25, 0.3) is 0 Å². The van der Waals surface area contributed by atoms with E-state index >= 15 is 0 Å². The molecule has 2 N–H and O–H groups in total. The van der Waals surface area contributed by atoms with Gasteiger partial charge >= 0.3 is 11.9 Å². The fourth-order valence-corrected chi connectivity index (χ4v) is 1.54. The predicted molar refractivity (Wildman–Crippen MR) is 65.5 cm³/mol. The summed E-state index contributed by atoms with van der Waals surface area (Å²) < 4.78 is 9.86. The molecule has 1 aromatic rings. The molecule has 0 saturated heterocycles. The second-order valence-electron chi connectivity index (χ2n) is 3.09. The van der Waals surface area contributed by atoms with E-state index < -0.39 is 18.5 Å². The summed E-state index contributed by atoms with van der Waals surface area (Å²) in [4.78, 5) is 22.6. The smallest absolute Gasteiger partial charge is 0.344 e. The highest BCUT2D eigenvalue weighted by Gasteiger charge is 2.14. The molecule has 92 valence electrons. The predicted octanol–water partition coefficient (Wildman–Crippen LogP) is 1.75. The Bertz CT molecular complexity index is 433. The molecule has 0 fully saturated rings. The molecule has 0 radical (unpaired) electrons. The largest absolute Gasteiger partial charge is 0.463 e. The number of nitrogen functional groups attached to an aromatic ring is 1. The van der Waals surface area contributed by atoms with Crippen molar-refractivity contribution in [3.8, 4) is 0 Å². The number of carbonyl (C=O) groups excluding carboxylic acids is 2. The van der Waals surface area contributed by atoms with E-state index in [2.05, 4.69) is 20.7 Å². The topological polar surface area (TPSA) is 78.6 Å². The zero-order valence-electron chi connectivity index (χ0n) is 9.23. The van der Waals surface area contributed by atoms with Gasteiger partial charge < -0.3 is 15.2 Å². The lowest BCUT2D eigenvalue weighted by molar-refractivity contribution is -0.146. The van der Waals surface area contributed by atoms with Gasteiger partial charge in [-0.25, -0.2) is 9.59 Å². The minimum absolute atomic E-state index is 0.248. The molecule has 0 amide bonds. The van der Waals surface area contributed by atoms with E-state index in [-0.39, 0.29) is 12.2 Å². The van der Waals surface area contributed by atoms with Crippen LogP contribution in [0.5, 0.6) is 0 Å². The van der Waals surface area contributed by atoms with Crippen LogP contribution in [0.1, 0.15) is 17.3 Å². The van der Waals surface area contributed by atoms with Gasteiger partial charge in [0.05, 0.1) is 16.6 Å². The van der Waals surface area contributed by atoms with Crippen LogP contribution in [-0.2, 0) is 14.3 Å². The van der Waals surface area contributed by atoms with Crippen LogP contribution in [-0.4, -0.2) is 25.2 Å². The van der Waals surface area contributed by atoms with Gasteiger partial charge in [0.1, 0.15) is 0 Å². The lowest BCUT2D eigenvalue weighted by Gasteiger charge is -2.07. The first kappa shape index (κ1) is 13.5. The Balaban J connectivity index is 2.64. The lowest BCUT2D eigenvalue weighted by atomic mass is 10.2. The Labute approximate surface area is 107 Å². The third kappa shape index (κ3) is 3.74. The van der Waals surface area contributed by atoms with Gasteiger partial charge in [0, 0.05) is 5.69 Å². The Hall–Kier alpha value is -1.56. The van der Waals surface area contributed by atoms with E-state index in [0.29, 0.717) is 10.2 Å². The number of carbonyl (C=O) groups is 2. The third-order valence-electron chi connectivity index (χ3n) is 1.87. The minimum atomic E-state index is -0.628. The van der Waals surface area contributed by atoms with E-state index in [1.54, 1.807) is 25.1 Å². The van der Waals surface area contributed by atoms with Crippen LogP contribution < -0.4 is 5.73 Å². The number of rotatable bonds is 4. The van der Waals surface area contributed by atoms with Crippen molar-refractivity contribution in [3.05, 3.63) is 28.2 Å². The van der Waals surface area contributed by atoms with Crippen molar-refractivity contribution in [3.63, 3.8) is 0 Å². The molecule has 0 saturated carbocycles. The zero-order valence-corrected chi connectivity index (χ0v) is 10.8. The van der Waals surface area contributed by atoms with E-state index in [1.807, 2.05) is 0 Å². The number of esters is 2. The number of ether oxygens (including phenoxy) is 2. The highest BCUT2D eigenvalue weighted by Crippen LogP contribution is 2.24. The van der Waals surface area contributed by atoms with Gasteiger partial charge in [-0.2, -0.15) is 0 Å². The van der Waals surface area contributed by atoms with Gasteiger partial charge in [0.15, 0.2) is 6.61 Å². The van der Waals surface area contributed by atoms with Gasteiger partial charge in [0.25, 0.3) is 0 Å². The van der Waals surface area contributed by atoms with Crippen molar-refractivity contribution < 1.29 is 19.1 Å². The summed E-state index contributed by atoms with van der Waals surface area (Å²) >= 11 is 3.18. The summed E-state index contributed by atoms with van der Waals surface area (Å²) in [6.45, 7) is 1.51. The Morgan fingerprint density at radius 3 is 2.71 bits per heavy atom. The van der Waals surface area contributed by atoms with Crippen molar-refractivity contribution in [2.75, 3.05) is 18.9 Å². The highest BCUT2D eigenvalue weighted by molar-refractivity contribution is 9.10. The van der Waals surface area contributed by atoms with Gasteiger partial charge in [0.2, 0.25) is 0 Å². The van der Waals surface area contributed by atoms with Crippen molar-refractivity contribution >= 4 is 33.6 Å². The van der Waals surface area contributed by atoms with Gasteiger partial charge in [-0.1, -0.05) is 6.07 Å². The molecule has 0 aliphatic rings. The number of halogens is 1. The molecule has 0 unspecified atom stereocenters. The molecule has 0 aromatic heterocycles. The van der Waals surface area contributed by atoms with Gasteiger partial charge in [-0.15, -0.1) is 0 Å². The fraction of sp³-hybridized carbons (Fsp3) is 0.273. The van der Waals surface area contributed by atoms with Crippen molar-refractivity contribution in [1.29, 1.82) is 0 Å². The quantitative estimate of drug-likeness (QED) is 0.677. The Morgan fingerprint density at radius 1 is 1.35 bits per heavy atom. The molecular weight excluding hydrogens is 290 g/mol. The van der Waals surface area contributed by atoms with Gasteiger partial charge in [-0.05, 0) is 35.0 Å². The van der Waals surface area contributed by atoms with Crippen molar-refractivity contribution in [2.45, 2.75) is 6.92 Å². The summed E-state index contributed by atoms with van der Waals surface area (Å²) in [6, 6.07) is 4.82. The summed E-state index contributed by atoms with van der Waals surface area (Å²) in [6.07, 6.45) is 0. The molecule has 6 heteroatoms. The second-order valence-corrected chi connectivity index (χ2v) is 3.88. The van der Waals surface area contributed by atoms with Crippen molar-refractivity contribution in [2.24, 2.45) is 0 Å². The number of anilines is 1. The minimum Gasteiger partial charge on any atom is -0.463 e. The van der Waals surface area contributed by atoms with Crippen LogP contribution in [0.15, 0.2) is 22.7 Å². The Kier molecular flexibility index (Phi) is 4.96. The fourth-order valence-electron chi connectivity index (χ4n) is 1.11. The zero-order chi connectivity index (χ0) is 12.8. The molecule has 5 nitrogen and oxygen atoms in total. The first-order chi connectivity index (χ1) is 8.06. The molecule has 0 aliphatic carbocycles. The molecule has 1 aromatic carbocycles. The standard InChI is InChI=1S/C11H12BrNO4/c1-2-16-9(14)6-17-11(15)7-4-3-5-8(13)10(7)12/h3-5H,2,6,13H2,1H3. The van der Waals surface area contributed by atoms with Crippen molar-refractivity contribution in [1.82, 2.24) is 0 Å². The van der Waals surface area contributed by atoms with Crippen LogP contribution in [0.2, 0.25) is 0 Å². The molecular formula is C11H12BrNO4. The summed E-state index contributed by atoms with van der Waals surface area (Å²) in [5.41, 5.74) is 6.31. The average Bonchev–Trinajstić information content (AvgIpc) is 2.30. The summed E-state index contributed by atoms with van der Waals surface area (Å²) in [5.74, 6) is -1.21. The first-order valence-electron chi connectivity index (χ1n) is 4.93. The molecule has 0 aliphatic heterocycles. The van der Waals surface area contributed by atoms with E-state index in [9.17, 15) is 9.59 Å². The molecule has 0 spiro atoms. The Morgan fingerprint density at radius 2 is 2.06 bits per heavy atom. The summed E-state index contributed by atoms with van der Waals surface area (Å²) in [7, 11) is 0. The number of hydrogen-bond acceptors (Lipinski definition) is 5. The normalized spacial score (nSPS) is 9.76. The van der Waals surface area contributed by atoms with Gasteiger partial charge in [-0.3, -0.25) is 0 Å². The maximum absolute atomic E-state index is 11.6. The average molecular weight is 302 g/mol. The monoisotopic (exact) mass is 301 g/mol. The number of nitrogens with two attached hydrogens (primary N) is 1. The second kappa shape index (κ2) is 6.24.